The summed E-state index contributed by atoms with van der Waals surface area (Å²) in [6.07, 6.45) is 41.0. The summed E-state index contributed by atoms with van der Waals surface area (Å²) in [5.74, 6) is -0.400. The smallest absolute Gasteiger partial charge is 0.306 e. The first kappa shape index (κ1) is 66.5. The van der Waals surface area contributed by atoms with Crippen LogP contribution in [0.2, 0.25) is 0 Å². The van der Waals surface area contributed by atoms with E-state index in [9.17, 15) is 40.5 Å². The van der Waals surface area contributed by atoms with E-state index in [-0.39, 0.29) is 19.6 Å². The second-order valence-corrected chi connectivity index (χ2v) is 19.7. The Morgan fingerprint density at radius 3 is 1.40 bits per heavy atom. The van der Waals surface area contributed by atoms with Crippen molar-refractivity contribution in [2.24, 2.45) is 0 Å². The highest BCUT2D eigenvalue weighted by Crippen LogP contribution is 2.26. The minimum Gasteiger partial charge on any atom is -0.457 e. The van der Waals surface area contributed by atoms with Crippen LogP contribution < -0.4 is 0 Å². The summed E-state index contributed by atoms with van der Waals surface area (Å²) in [7, 11) is 0. The molecule has 14 nitrogen and oxygen atoms in total. The van der Waals surface area contributed by atoms with E-state index in [4.69, 9.17) is 28.4 Å². The van der Waals surface area contributed by atoms with Crippen LogP contribution in [0.3, 0.4) is 0 Å². The molecule has 73 heavy (non-hydrogen) atoms. The molecule has 0 aromatic rings. The summed E-state index contributed by atoms with van der Waals surface area (Å²) in [6.45, 7) is 3.55. The first-order chi connectivity index (χ1) is 35.6. The Labute approximate surface area is 440 Å². The van der Waals surface area contributed by atoms with Crippen molar-refractivity contribution in [3.63, 3.8) is 0 Å². The maximum absolute atomic E-state index is 13.1. The van der Waals surface area contributed by atoms with E-state index >= 15 is 0 Å². The van der Waals surface area contributed by atoms with Crippen molar-refractivity contribution in [1.29, 1.82) is 0 Å². The van der Waals surface area contributed by atoms with E-state index in [0.29, 0.717) is 13.0 Å². The van der Waals surface area contributed by atoms with Crippen molar-refractivity contribution in [3.8, 4) is 0 Å². The topological polar surface area (TPSA) is 214 Å². The number of aliphatic hydroxyl groups excluding tert-OH is 7. The Morgan fingerprint density at radius 2 is 0.890 bits per heavy atom. The van der Waals surface area contributed by atoms with Gasteiger partial charge in [0, 0.05) is 13.0 Å². The monoisotopic (exact) mass is 1030 g/mol. The molecule has 2 saturated heterocycles. The predicted octanol–water partition coefficient (Wildman–Crippen LogP) is 9.86. The van der Waals surface area contributed by atoms with Crippen LogP contribution in [0.1, 0.15) is 194 Å². The lowest BCUT2D eigenvalue weighted by molar-refractivity contribution is -0.332. The van der Waals surface area contributed by atoms with Crippen LogP contribution in [0.25, 0.3) is 0 Å². The lowest BCUT2D eigenvalue weighted by atomic mass is 9.98. The molecule has 0 spiro atoms. The van der Waals surface area contributed by atoms with Gasteiger partial charge in [0.2, 0.25) is 0 Å². The number of ether oxygens (including phenoxy) is 6. The first-order valence-corrected chi connectivity index (χ1v) is 28.5. The third-order valence-corrected chi connectivity index (χ3v) is 13.2. The van der Waals surface area contributed by atoms with Gasteiger partial charge in [-0.3, -0.25) is 4.79 Å². The molecule has 0 bridgehead atoms. The van der Waals surface area contributed by atoms with Gasteiger partial charge >= 0.3 is 5.97 Å². The van der Waals surface area contributed by atoms with E-state index in [1.807, 2.05) is 0 Å². The zero-order valence-corrected chi connectivity index (χ0v) is 45.1. The molecule has 0 radical (unpaired) electrons. The van der Waals surface area contributed by atoms with Gasteiger partial charge in [0.15, 0.2) is 12.6 Å². The van der Waals surface area contributed by atoms with Gasteiger partial charge in [-0.1, -0.05) is 196 Å². The molecule has 0 aromatic carbocycles. The molecule has 2 aliphatic rings. The van der Waals surface area contributed by atoms with Crippen molar-refractivity contribution < 1.29 is 69.0 Å². The second-order valence-electron chi connectivity index (χ2n) is 19.7. The van der Waals surface area contributed by atoms with Crippen LogP contribution in [0.4, 0.5) is 0 Å². The highest BCUT2D eigenvalue weighted by Gasteiger charge is 2.47. The van der Waals surface area contributed by atoms with Crippen LogP contribution in [-0.2, 0) is 33.2 Å². The third kappa shape index (κ3) is 32.6. The zero-order valence-electron chi connectivity index (χ0n) is 45.1. The molecule has 0 aromatic heterocycles. The van der Waals surface area contributed by atoms with Gasteiger partial charge in [0.05, 0.1) is 26.4 Å². The molecule has 0 saturated carbocycles. The van der Waals surface area contributed by atoms with Crippen molar-refractivity contribution in [2.45, 2.75) is 261 Å². The van der Waals surface area contributed by atoms with Gasteiger partial charge in [-0.05, 0) is 64.2 Å². The number of hydrogen-bond acceptors (Lipinski definition) is 14. The van der Waals surface area contributed by atoms with E-state index in [1.54, 1.807) is 0 Å². The Balaban J connectivity index is 1.74. The SMILES string of the molecule is CC/C=C\C/C=C\C/C=C\C/C=C\C/C=C\C/C=C\CCCCCCC(=O)OC(COCCCCCCCCCCCCCCCCCC)COC1OC(COC2OC(CO)C(O)C(O)C2O)C(O)C(O)C1O. The van der Waals surface area contributed by atoms with Gasteiger partial charge in [0.25, 0.3) is 0 Å². The van der Waals surface area contributed by atoms with Crippen LogP contribution in [0, 0.1) is 0 Å². The summed E-state index contributed by atoms with van der Waals surface area (Å²) in [4.78, 5) is 13.1. The summed E-state index contributed by atoms with van der Waals surface area (Å²) in [6, 6.07) is 0. The maximum Gasteiger partial charge on any atom is 0.306 e. The van der Waals surface area contributed by atoms with Crippen molar-refractivity contribution >= 4 is 5.97 Å². The maximum atomic E-state index is 13.1. The van der Waals surface area contributed by atoms with E-state index in [2.05, 4.69) is 86.8 Å². The molecular formula is C59H102O14. The van der Waals surface area contributed by atoms with Crippen molar-refractivity contribution in [3.05, 3.63) is 72.9 Å². The Kier molecular flexibility index (Phi) is 41.6. The summed E-state index contributed by atoms with van der Waals surface area (Å²) in [5.41, 5.74) is 0. The number of esters is 1. The second kappa shape index (κ2) is 45.6. The van der Waals surface area contributed by atoms with Gasteiger partial charge in [0.1, 0.15) is 54.9 Å². The van der Waals surface area contributed by atoms with Crippen LogP contribution >= 0.6 is 0 Å². The van der Waals surface area contributed by atoms with Crippen LogP contribution in [-0.4, -0.2) is 142 Å². The van der Waals surface area contributed by atoms with Gasteiger partial charge < -0.3 is 64.2 Å². The quantitative estimate of drug-likeness (QED) is 0.0172. The number of aliphatic hydroxyl groups is 7. The van der Waals surface area contributed by atoms with E-state index in [0.717, 1.165) is 83.5 Å². The fraction of sp³-hybridized carbons (Fsp3) is 0.780. The van der Waals surface area contributed by atoms with Crippen molar-refractivity contribution in [2.75, 3.05) is 33.0 Å². The molecule has 7 N–H and O–H groups in total. The lowest BCUT2D eigenvalue weighted by Gasteiger charge is -2.42. The average Bonchev–Trinajstić information content (AvgIpc) is 3.39. The molecule has 0 aliphatic carbocycles. The molecule has 422 valence electrons. The lowest BCUT2D eigenvalue weighted by Crippen LogP contribution is -2.61. The standard InChI is InChI=1S/C59H102O14/c1-3-5-7-9-11-13-15-17-19-21-22-23-24-25-26-27-28-30-32-34-36-38-40-42-51(61)71-48(45-68-43-41-39-37-35-33-31-29-20-18-16-14-12-10-8-6-4-2)46-69-58-57(67)55(65)53(63)50(73-58)47-70-59-56(66)54(64)52(62)49(44-60)72-59/h5,7,11,13,17,19,22-23,25-26,28,30,48-50,52-60,62-67H,3-4,6,8-10,12,14-16,18,20-21,24,27,29,31-47H2,1-2H3/b7-5-,13-11-,19-17-,23-22-,26-25-,30-28-. The Bertz CT molecular complexity index is 1480. The van der Waals surface area contributed by atoms with E-state index in [1.165, 1.54) is 83.5 Å². The number of rotatable bonds is 45. The molecule has 14 heteroatoms. The van der Waals surface area contributed by atoms with Gasteiger partial charge in [-0.2, -0.15) is 0 Å². The van der Waals surface area contributed by atoms with Gasteiger partial charge in [-0.25, -0.2) is 0 Å². The molecule has 2 heterocycles. The number of allylic oxidation sites excluding steroid dienone is 12. The molecule has 11 atom stereocenters. The highest BCUT2D eigenvalue weighted by atomic mass is 16.7. The van der Waals surface area contributed by atoms with E-state index < -0.39 is 86.7 Å². The molecule has 2 fully saturated rings. The fourth-order valence-corrected chi connectivity index (χ4v) is 8.64. The molecule has 2 rings (SSSR count). The minimum atomic E-state index is -1.71. The third-order valence-electron chi connectivity index (χ3n) is 13.2. The number of unbranched alkanes of at least 4 members (excludes halogenated alkanes) is 19. The molecule has 2 aliphatic heterocycles. The van der Waals surface area contributed by atoms with Crippen LogP contribution in [0.5, 0.6) is 0 Å². The first-order valence-electron chi connectivity index (χ1n) is 28.5. The number of carbonyl (C=O) groups is 1. The van der Waals surface area contributed by atoms with Crippen LogP contribution in [0.15, 0.2) is 72.9 Å². The number of hydrogen-bond donors (Lipinski definition) is 7. The summed E-state index contributed by atoms with van der Waals surface area (Å²) >= 11 is 0. The zero-order chi connectivity index (χ0) is 53.0. The number of carbonyl (C=O) groups excluding carboxylic acids is 1. The highest BCUT2D eigenvalue weighted by molar-refractivity contribution is 5.69. The minimum absolute atomic E-state index is 0.0497. The summed E-state index contributed by atoms with van der Waals surface area (Å²) < 4.78 is 34.3. The molecule has 0 amide bonds. The largest absolute Gasteiger partial charge is 0.457 e. The molecule has 11 unspecified atom stereocenters. The van der Waals surface area contributed by atoms with Crippen molar-refractivity contribution in [1.82, 2.24) is 0 Å². The normalized spacial score (nSPS) is 25.5. The fourth-order valence-electron chi connectivity index (χ4n) is 8.64. The summed E-state index contributed by atoms with van der Waals surface area (Å²) in [5, 5.41) is 72.3. The Morgan fingerprint density at radius 1 is 0.466 bits per heavy atom. The molecular weight excluding hydrogens is 933 g/mol. The Hall–Kier alpha value is -2.57. The predicted molar refractivity (Wildman–Crippen MR) is 289 cm³/mol. The average molecular weight is 1040 g/mol. The van der Waals surface area contributed by atoms with Gasteiger partial charge in [-0.15, -0.1) is 0 Å².